The molecule has 2 aromatic carbocycles. The fourth-order valence-corrected chi connectivity index (χ4v) is 11.2. The van der Waals surface area contributed by atoms with Crippen LogP contribution in [0.2, 0.25) is 0 Å². The van der Waals surface area contributed by atoms with Gasteiger partial charge in [-0.25, -0.2) is 43.2 Å². The Balaban J connectivity index is 0.000000341. The van der Waals surface area contributed by atoms with Gasteiger partial charge in [0.25, 0.3) is 0 Å². The number of cyclic esters (lactones) is 9. The van der Waals surface area contributed by atoms with Crippen LogP contribution in [-0.4, -0.2) is 201 Å². The van der Waals surface area contributed by atoms with Crippen molar-refractivity contribution in [3.63, 3.8) is 0 Å². The third-order valence-electron chi connectivity index (χ3n) is 13.8. The third kappa shape index (κ3) is 29.0. The number of carbonyl (C=O) groups is 14. The molecule has 0 aliphatic carbocycles. The van der Waals surface area contributed by atoms with Crippen molar-refractivity contribution in [3.8, 4) is 0 Å². The average molecular weight is 1990 g/mol. The van der Waals surface area contributed by atoms with E-state index in [-0.39, 0.29) is 116 Å². The Bertz CT molecular complexity index is 4380. The summed E-state index contributed by atoms with van der Waals surface area (Å²) in [5.74, 6) is -6.26. The first-order valence-corrected chi connectivity index (χ1v) is 38.2. The van der Waals surface area contributed by atoms with E-state index in [0.29, 0.717) is 37.9 Å². The third-order valence-corrected chi connectivity index (χ3v) is 21.2. The molecule has 31 nitrogen and oxygen atoms in total. The lowest BCUT2D eigenvalue weighted by Gasteiger charge is -2.35. The fourth-order valence-electron chi connectivity index (χ4n) is 8.06. The molecule has 8 atom stereocenters. The number of rotatable bonds is 17. The number of halogens is 18. The molecule has 8 unspecified atom stereocenters. The van der Waals surface area contributed by atoms with Crippen LogP contribution in [0.5, 0.6) is 0 Å². The van der Waals surface area contributed by atoms with Crippen molar-refractivity contribution in [2.45, 2.75) is 117 Å². The Morgan fingerprint density at radius 2 is 0.810 bits per heavy atom. The highest BCUT2D eigenvalue weighted by Gasteiger charge is 2.43. The van der Waals surface area contributed by atoms with Gasteiger partial charge in [0.1, 0.15) is 92.2 Å². The number of anilines is 1. The molecule has 0 saturated carbocycles. The van der Waals surface area contributed by atoms with Gasteiger partial charge in [-0.2, -0.15) is 0 Å². The second-order valence-electron chi connectivity index (χ2n) is 23.2. The van der Waals surface area contributed by atoms with Crippen LogP contribution >= 0.6 is 209 Å². The van der Waals surface area contributed by atoms with Gasteiger partial charge in [-0.3, -0.25) is 33.8 Å². The predicted molar refractivity (Wildman–Crippen MR) is 426 cm³/mol. The predicted octanol–water partition coefficient (Wildman–Crippen LogP) is 14.0. The van der Waals surface area contributed by atoms with Crippen LogP contribution < -0.4 is 4.90 Å². The molecule has 0 radical (unpaired) electrons. The average Bonchev–Trinajstić information content (AvgIpc) is 1.66. The molecule has 49 heteroatoms. The van der Waals surface area contributed by atoms with Gasteiger partial charge in [-0.1, -0.05) is 257 Å². The van der Waals surface area contributed by atoms with E-state index in [9.17, 15) is 67.1 Å². The SMILES string of the molecule is CC(=O)N(C)C1OC(=O)C(Cl)=C1Cl.CC(C)(C)N(C=O)C1OC(=O)C(Cl)=C1Cl.CC(C)OC1OC(=O)C(Cl)=C1Cl.CCOC1OC(=O)C(Cl)=C1Cl.CN(C=O)C1OC(=O)C(Cl)=C1Cl.COC1OC(=O)C(Cl)=C1Cl.O=C1OCC(Cl)=C1Cl.O=CN(Cc1ccccc1)C1OC(=O)C(Cl)=C1Cl.O=CN(c1ccccc1)C1OC(=O)C(Cl)=C1Cl. The largest absolute Gasteiger partial charge is 0.456 e. The van der Waals surface area contributed by atoms with E-state index in [2.05, 4.69) is 23.7 Å². The second-order valence-corrected chi connectivity index (χ2v) is 30.3. The number of hydrogen-bond donors (Lipinski definition) is 0. The summed E-state index contributed by atoms with van der Waals surface area (Å²) in [4.78, 5) is 158. The lowest BCUT2D eigenvalue weighted by molar-refractivity contribution is -0.164. The number of carbonyl (C=O) groups excluding carboxylic acids is 14. The van der Waals surface area contributed by atoms with Crippen LogP contribution in [-0.2, 0) is 131 Å². The van der Waals surface area contributed by atoms with E-state index in [0.717, 1.165) is 10.5 Å². The second kappa shape index (κ2) is 48.9. The van der Waals surface area contributed by atoms with Gasteiger partial charge in [-0.15, -0.1) is 0 Å². The molecular formula is C67H59Cl18N5O26. The highest BCUT2D eigenvalue weighted by Crippen LogP contribution is 2.38. The van der Waals surface area contributed by atoms with Gasteiger partial charge in [0.05, 0.1) is 11.1 Å². The van der Waals surface area contributed by atoms with Gasteiger partial charge in [0.15, 0.2) is 0 Å². The van der Waals surface area contributed by atoms with Crippen molar-refractivity contribution in [1.29, 1.82) is 0 Å². The minimum atomic E-state index is -0.989. The van der Waals surface area contributed by atoms with Gasteiger partial charge < -0.3 is 71.5 Å². The Morgan fingerprint density at radius 3 is 1.09 bits per heavy atom. The highest BCUT2D eigenvalue weighted by molar-refractivity contribution is 6.53. The van der Waals surface area contributed by atoms with Crippen molar-refractivity contribution in [3.05, 3.63) is 157 Å². The molecule has 2 aromatic rings. The minimum Gasteiger partial charge on any atom is -0.456 e. The molecule has 634 valence electrons. The first kappa shape index (κ1) is 104. The Kier molecular flexibility index (Phi) is 43.8. The number of para-hydroxylation sites is 1. The van der Waals surface area contributed by atoms with Gasteiger partial charge >= 0.3 is 53.7 Å². The lowest BCUT2D eigenvalue weighted by atomic mass is 10.1. The summed E-state index contributed by atoms with van der Waals surface area (Å²) in [5.41, 5.74) is 0.951. The standard InChI is InChI=1S/C12H9Cl2NO3.C11H7Cl2NO3.C9H11Cl2NO3.C7H7Cl2NO3.C7H8Cl2O3.C6H5Cl2NO3.C6H6Cl2O3.C5H4Cl2O3.C4H2Cl2O2/c13-9-10(14)12(17)18-11(9)15(7-16)6-8-4-2-1-3-5-8;12-8-9(13)11(16)17-10(8)14(6-15)7-4-2-1-3-5-7;1-9(2,3)12(4-13)7-5(10)6(11)8(14)15-7;1-3(11)10(2)6-4(8)5(9)7(12)13-6;1-3(2)11-7-5(9)4(8)6(10)12-7;1-9(2-10)5-3(7)4(8)6(11)12-5;1-2-10-6-4(8)3(7)5(9)11-6;1-9-5-3(7)2(6)4(8)10-5;5-2-1-8-4(7)3(2)6/h1-5,7,11H,6H2;1-6,10H;4,7H,1-3H3;6H,1-2H3;3,7H,1-2H3;2,5H,1H3;6H,2H2,1H3;5H,1H3;1H2. The lowest BCUT2D eigenvalue weighted by Crippen LogP contribution is -2.47. The molecular weight excluding hydrogens is 1930 g/mol. The van der Waals surface area contributed by atoms with Crippen LogP contribution in [0.15, 0.2) is 151 Å². The van der Waals surface area contributed by atoms with E-state index in [1.807, 2.05) is 44.2 Å². The van der Waals surface area contributed by atoms with E-state index in [4.69, 9.17) is 242 Å². The summed E-state index contributed by atoms with van der Waals surface area (Å²) in [5, 5.41) is -0.358. The Morgan fingerprint density at radius 1 is 0.448 bits per heavy atom. The zero-order valence-electron chi connectivity index (χ0n) is 60.6. The summed E-state index contributed by atoms with van der Waals surface area (Å²) < 4.78 is 57.1. The molecule has 0 saturated heterocycles. The molecule has 9 heterocycles. The van der Waals surface area contributed by atoms with Crippen molar-refractivity contribution in [2.75, 3.05) is 39.3 Å². The van der Waals surface area contributed by atoms with Crippen molar-refractivity contribution >= 4 is 300 Å². The minimum absolute atomic E-state index is 0.00617. The van der Waals surface area contributed by atoms with E-state index < -0.39 is 109 Å². The first-order chi connectivity index (χ1) is 54.1. The highest BCUT2D eigenvalue weighted by atomic mass is 35.5. The molecule has 9 aliphatic heterocycles. The van der Waals surface area contributed by atoms with Crippen LogP contribution in [0.3, 0.4) is 0 Å². The number of amides is 5. The fraction of sp³-hybridized carbons (Fsp3) is 0.343. The number of benzene rings is 2. The first-order valence-electron chi connectivity index (χ1n) is 31.4. The summed E-state index contributed by atoms with van der Waals surface area (Å²) in [6.45, 7) is 12.9. The number of hydrogen-bond acceptors (Lipinski definition) is 26. The molecule has 9 aliphatic rings. The van der Waals surface area contributed by atoms with Crippen LogP contribution in [0.4, 0.5) is 5.69 Å². The maximum absolute atomic E-state index is 11.2. The van der Waals surface area contributed by atoms with Crippen LogP contribution in [0.1, 0.15) is 54.0 Å². The van der Waals surface area contributed by atoms with Gasteiger partial charge in [-0.05, 0) is 59.2 Å². The molecule has 0 aromatic heterocycles. The molecule has 0 bridgehead atoms. The van der Waals surface area contributed by atoms with E-state index >= 15 is 0 Å². The Hall–Kier alpha value is -6.22. The summed E-state index contributed by atoms with van der Waals surface area (Å²) in [7, 11) is 4.27. The number of methoxy groups -OCH3 is 1. The summed E-state index contributed by atoms with van der Waals surface area (Å²) >= 11 is 100. The molecule has 0 fully saturated rings. The summed E-state index contributed by atoms with van der Waals surface area (Å²) in [6, 6.07) is 18.0. The van der Waals surface area contributed by atoms with Crippen LogP contribution in [0, 0.1) is 0 Å². The Labute approximate surface area is 749 Å². The van der Waals surface area contributed by atoms with Crippen molar-refractivity contribution < 1.29 is 124 Å². The van der Waals surface area contributed by atoms with Crippen molar-refractivity contribution in [1.82, 2.24) is 19.6 Å². The maximum atomic E-state index is 11.2. The zero-order valence-corrected chi connectivity index (χ0v) is 74.2. The number of esters is 9. The number of nitrogens with zero attached hydrogens (tertiary/aromatic N) is 5. The smallest absolute Gasteiger partial charge is 0.353 e. The normalized spacial score (nSPS) is 21.6. The van der Waals surface area contributed by atoms with E-state index in [1.165, 1.54) is 47.7 Å². The molecule has 11 rings (SSSR count). The van der Waals surface area contributed by atoms with Crippen molar-refractivity contribution in [2.24, 2.45) is 0 Å². The van der Waals surface area contributed by atoms with Gasteiger partial charge in [0, 0.05) is 52.5 Å². The molecule has 5 amide bonds. The number of likely N-dealkylation sites (N-methyl/N-ethyl adjacent to an activating group) is 2. The number of ether oxygens (including phenoxy) is 12. The monoisotopic (exact) mass is 1980 g/mol. The maximum Gasteiger partial charge on any atom is 0.353 e. The summed E-state index contributed by atoms with van der Waals surface area (Å²) in [6.07, 6.45) is -4.93. The zero-order chi connectivity index (χ0) is 88.4. The topological polar surface area (TPSA) is 366 Å². The molecule has 116 heavy (non-hydrogen) atoms. The van der Waals surface area contributed by atoms with Gasteiger partial charge in [0.2, 0.25) is 81.6 Å². The molecule has 0 N–H and O–H groups in total. The van der Waals surface area contributed by atoms with E-state index in [1.54, 1.807) is 58.0 Å². The quantitative estimate of drug-likeness (QED) is 0.0806. The van der Waals surface area contributed by atoms with Crippen LogP contribution in [0.25, 0.3) is 0 Å². The molecule has 0 spiro atoms.